The van der Waals surface area contributed by atoms with Crippen molar-refractivity contribution in [3.8, 4) is 0 Å². The first-order chi connectivity index (χ1) is 5.84. The fourth-order valence-corrected chi connectivity index (χ4v) is 0.977. The molecule has 1 amide bonds. The first-order valence-electron chi connectivity index (χ1n) is 3.88. The van der Waals surface area contributed by atoms with Gasteiger partial charge in [-0.25, -0.2) is 4.79 Å². The van der Waals surface area contributed by atoms with Gasteiger partial charge in [0.2, 0.25) is 0 Å². The van der Waals surface area contributed by atoms with Crippen LogP contribution in [0, 0.1) is 0 Å². The molecule has 0 saturated carbocycles. The van der Waals surface area contributed by atoms with Crippen LogP contribution >= 0.6 is 0 Å². The lowest BCUT2D eigenvalue weighted by Crippen LogP contribution is -2.46. The van der Waals surface area contributed by atoms with E-state index in [1.54, 1.807) is 4.90 Å². The summed E-state index contributed by atoms with van der Waals surface area (Å²) in [6.45, 7) is 9.25. The van der Waals surface area contributed by atoms with E-state index in [9.17, 15) is 4.79 Å². The molecule has 70 valence electrons. The second-order valence-electron chi connectivity index (χ2n) is 2.21. The molecule has 1 saturated heterocycles. The maximum absolute atomic E-state index is 10.8. The minimum absolute atomic E-state index is 0.221. The molecule has 1 aliphatic rings. The zero-order valence-corrected chi connectivity index (χ0v) is 7.51. The van der Waals surface area contributed by atoms with Crippen molar-refractivity contribution in [1.29, 1.82) is 0 Å². The minimum atomic E-state index is -0.221. The standard InChI is InChI=1S/C6H12N2O2.C2H4/c1-10-6(9)8-4-2-7-3-5-8;1-2/h7H,2-5H2,1H3;1-2H2. The first-order valence-corrected chi connectivity index (χ1v) is 3.88. The molecule has 4 heteroatoms. The van der Waals surface area contributed by atoms with E-state index in [2.05, 4.69) is 23.2 Å². The van der Waals surface area contributed by atoms with E-state index in [-0.39, 0.29) is 6.09 Å². The predicted molar refractivity (Wildman–Crippen MR) is 48.1 cm³/mol. The molecule has 1 aliphatic heterocycles. The van der Waals surface area contributed by atoms with E-state index < -0.39 is 0 Å². The Balaban J connectivity index is 0.000000561. The van der Waals surface area contributed by atoms with Crippen LogP contribution in [0.3, 0.4) is 0 Å². The molecule has 4 nitrogen and oxygen atoms in total. The monoisotopic (exact) mass is 172 g/mol. The topological polar surface area (TPSA) is 41.6 Å². The van der Waals surface area contributed by atoms with E-state index in [4.69, 9.17) is 0 Å². The second-order valence-corrected chi connectivity index (χ2v) is 2.21. The van der Waals surface area contributed by atoms with Crippen molar-refractivity contribution in [3.63, 3.8) is 0 Å². The molecular weight excluding hydrogens is 156 g/mol. The Kier molecular flexibility index (Phi) is 6.09. The Morgan fingerprint density at radius 3 is 2.33 bits per heavy atom. The van der Waals surface area contributed by atoms with Gasteiger partial charge < -0.3 is 15.0 Å². The molecule has 0 aliphatic carbocycles. The number of hydrogen-bond acceptors (Lipinski definition) is 3. The smallest absolute Gasteiger partial charge is 0.409 e. The maximum Gasteiger partial charge on any atom is 0.409 e. The Morgan fingerprint density at radius 2 is 1.92 bits per heavy atom. The Bertz CT molecular complexity index is 133. The lowest BCUT2D eigenvalue weighted by Gasteiger charge is -2.25. The van der Waals surface area contributed by atoms with Crippen LogP contribution in [0.1, 0.15) is 0 Å². The van der Waals surface area contributed by atoms with Crippen molar-refractivity contribution >= 4 is 6.09 Å². The first kappa shape index (κ1) is 11.0. The molecule has 1 fully saturated rings. The molecule has 0 bridgehead atoms. The largest absolute Gasteiger partial charge is 0.453 e. The summed E-state index contributed by atoms with van der Waals surface area (Å²) in [5.74, 6) is 0. The third kappa shape index (κ3) is 3.39. The van der Waals surface area contributed by atoms with Gasteiger partial charge >= 0.3 is 6.09 Å². The normalized spacial score (nSPS) is 15.9. The van der Waals surface area contributed by atoms with Gasteiger partial charge in [0.15, 0.2) is 0 Å². The van der Waals surface area contributed by atoms with Gasteiger partial charge in [0.1, 0.15) is 0 Å². The molecule has 0 aromatic heterocycles. The van der Waals surface area contributed by atoms with Crippen molar-refractivity contribution in [2.24, 2.45) is 0 Å². The number of nitrogens with zero attached hydrogens (tertiary/aromatic N) is 1. The Hall–Kier alpha value is -1.03. The van der Waals surface area contributed by atoms with Gasteiger partial charge in [-0.3, -0.25) is 0 Å². The van der Waals surface area contributed by atoms with Crippen molar-refractivity contribution in [1.82, 2.24) is 10.2 Å². The lowest BCUT2D eigenvalue weighted by molar-refractivity contribution is 0.118. The van der Waals surface area contributed by atoms with Crippen LogP contribution in [0.25, 0.3) is 0 Å². The number of methoxy groups -OCH3 is 1. The number of carbonyl (C=O) groups is 1. The van der Waals surface area contributed by atoms with Crippen molar-refractivity contribution in [3.05, 3.63) is 13.2 Å². The highest BCUT2D eigenvalue weighted by molar-refractivity contribution is 5.67. The fraction of sp³-hybridized carbons (Fsp3) is 0.625. The summed E-state index contributed by atoms with van der Waals surface area (Å²) in [6, 6.07) is 0. The number of nitrogens with one attached hydrogen (secondary N) is 1. The number of piperazine rings is 1. The quantitative estimate of drug-likeness (QED) is 0.540. The van der Waals surface area contributed by atoms with Gasteiger partial charge in [-0.2, -0.15) is 0 Å². The SMILES string of the molecule is C=C.COC(=O)N1CCNCC1. The lowest BCUT2D eigenvalue weighted by atomic mass is 10.4. The molecule has 0 spiro atoms. The number of rotatable bonds is 0. The van der Waals surface area contributed by atoms with Gasteiger partial charge in [-0.15, -0.1) is 13.2 Å². The molecule has 0 aromatic carbocycles. The third-order valence-corrected chi connectivity index (χ3v) is 1.55. The zero-order valence-electron chi connectivity index (χ0n) is 7.51. The van der Waals surface area contributed by atoms with Crippen LogP contribution in [0.2, 0.25) is 0 Å². The molecular formula is C8H16N2O2. The van der Waals surface area contributed by atoms with Crippen LogP contribution in [-0.2, 0) is 4.74 Å². The minimum Gasteiger partial charge on any atom is -0.453 e. The molecule has 1 heterocycles. The molecule has 0 radical (unpaired) electrons. The van der Waals surface area contributed by atoms with E-state index in [1.807, 2.05) is 0 Å². The number of hydrogen-bond donors (Lipinski definition) is 1. The summed E-state index contributed by atoms with van der Waals surface area (Å²) in [6.07, 6.45) is -0.221. The van der Waals surface area contributed by atoms with Gasteiger partial charge in [0, 0.05) is 26.2 Å². The summed E-state index contributed by atoms with van der Waals surface area (Å²) in [5, 5.41) is 3.14. The van der Waals surface area contributed by atoms with E-state index in [0.717, 1.165) is 26.2 Å². The second kappa shape index (κ2) is 6.67. The highest BCUT2D eigenvalue weighted by Crippen LogP contribution is 1.94. The number of carbonyl (C=O) groups excluding carboxylic acids is 1. The molecule has 1 rings (SSSR count). The van der Waals surface area contributed by atoms with E-state index >= 15 is 0 Å². The van der Waals surface area contributed by atoms with Crippen LogP contribution in [0.15, 0.2) is 13.2 Å². The predicted octanol–water partition coefficient (Wildman–Crippen LogP) is 0.460. The van der Waals surface area contributed by atoms with Crippen LogP contribution < -0.4 is 5.32 Å². The summed E-state index contributed by atoms with van der Waals surface area (Å²) < 4.78 is 4.55. The summed E-state index contributed by atoms with van der Waals surface area (Å²) in [4.78, 5) is 12.5. The van der Waals surface area contributed by atoms with Crippen molar-refractivity contribution < 1.29 is 9.53 Å². The molecule has 0 aromatic rings. The van der Waals surface area contributed by atoms with Crippen LogP contribution in [0.4, 0.5) is 4.79 Å². The highest BCUT2D eigenvalue weighted by Gasteiger charge is 2.15. The maximum atomic E-state index is 10.8. The van der Waals surface area contributed by atoms with Gasteiger partial charge in [0.05, 0.1) is 7.11 Å². The van der Waals surface area contributed by atoms with Gasteiger partial charge in [0.25, 0.3) is 0 Å². The highest BCUT2D eigenvalue weighted by atomic mass is 16.5. The van der Waals surface area contributed by atoms with Crippen LogP contribution in [-0.4, -0.2) is 44.3 Å². The average Bonchev–Trinajstić information content (AvgIpc) is 2.21. The Labute approximate surface area is 73.2 Å². The average molecular weight is 172 g/mol. The van der Waals surface area contributed by atoms with E-state index in [1.165, 1.54) is 7.11 Å². The summed E-state index contributed by atoms with van der Waals surface area (Å²) in [7, 11) is 1.41. The molecule has 0 atom stereocenters. The van der Waals surface area contributed by atoms with Gasteiger partial charge in [-0.05, 0) is 0 Å². The summed E-state index contributed by atoms with van der Waals surface area (Å²) >= 11 is 0. The molecule has 12 heavy (non-hydrogen) atoms. The Morgan fingerprint density at radius 1 is 1.42 bits per heavy atom. The number of ether oxygens (including phenoxy) is 1. The van der Waals surface area contributed by atoms with Crippen LogP contribution in [0.5, 0.6) is 0 Å². The molecule has 0 unspecified atom stereocenters. The fourth-order valence-electron chi connectivity index (χ4n) is 0.977. The van der Waals surface area contributed by atoms with Crippen molar-refractivity contribution in [2.75, 3.05) is 33.3 Å². The third-order valence-electron chi connectivity index (χ3n) is 1.55. The van der Waals surface area contributed by atoms with Gasteiger partial charge in [-0.1, -0.05) is 0 Å². The summed E-state index contributed by atoms with van der Waals surface area (Å²) in [5.41, 5.74) is 0. The van der Waals surface area contributed by atoms with Crippen molar-refractivity contribution in [2.45, 2.75) is 0 Å². The van der Waals surface area contributed by atoms with E-state index in [0.29, 0.717) is 0 Å². The zero-order chi connectivity index (χ0) is 9.40. The number of amides is 1. The molecule has 1 N–H and O–H groups in total.